The van der Waals surface area contributed by atoms with Gasteiger partial charge in [0.2, 0.25) is 0 Å². The van der Waals surface area contributed by atoms with Crippen LogP contribution in [0.3, 0.4) is 0 Å². The number of hydrogen-bond acceptors (Lipinski definition) is 6. The highest BCUT2D eigenvalue weighted by molar-refractivity contribution is 8.00. The van der Waals surface area contributed by atoms with Crippen molar-refractivity contribution >= 4 is 34.8 Å². The van der Waals surface area contributed by atoms with Gasteiger partial charge in [0, 0.05) is 42.5 Å². The van der Waals surface area contributed by atoms with Gasteiger partial charge in [-0.3, -0.25) is 9.48 Å². The van der Waals surface area contributed by atoms with Crippen LogP contribution in [0.25, 0.3) is 11.0 Å². The second-order valence-corrected chi connectivity index (χ2v) is 9.49. The zero-order valence-corrected chi connectivity index (χ0v) is 18.2. The van der Waals surface area contributed by atoms with Crippen molar-refractivity contribution < 1.29 is 14.3 Å². The second-order valence-electron chi connectivity index (χ2n) is 7.91. The Kier molecular flexibility index (Phi) is 5.42. The number of carbonyl (C=O) groups excluding carboxylic acids is 2. The van der Waals surface area contributed by atoms with Gasteiger partial charge in [0.25, 0.3) is 5.91 Å². The van der Waals surface area contributed by atoms with E-state index in [0.29, 0.717) is 37.1 Å². The fourth-order valence-corrected chi connectivity index (χ4v) is 5.27. The number of likely N-dealkylation sites (tertiary alicyclic amines) is 1. The molecule has 156 valence electrons. The maximum Gasteiger partial charge on any atom is 0.410 e. The molecule has 2 aromatic heterocycles. The van der Waals surface area contributed by atoms with E-state index in [4.69, 9.17) is 4.74 Å². The number of rotatable bonds is 4. The number of ether oxygens (including phenoxy) is 1. The molecular weight excluding hydrogens is 390 g/mol. The molecule has 0 atom stereocenters. The Morgan fingerprint density at radius 3 is 2.62 bits per heavy atom. The quantitative estimate of drug-likeness (QED) is 0.712. The van der Waals surface area contributed by atoms with Gasteiger partial charge >= 0.3 is 6.09 Å². The minimum absolute atomic E-state index is 0.00764. The predicted octanol–water partition coefficient (Wildman–Crippen LogP) is 2.83. The number of fused-ring (bicyclic) bond motifs is 1. The molecule has 0 spiro atoms. The molecule has 2 aliphatic heterocycles. The summed E-state index contributed by atoms with van der Waals surface area (Å²) in [5.74, 6) is 0.00764. The molecule has 2 fully saturated rings. The van der Waals surface area contributed by atoms with E-state index in [0.717, 1.165) is 34.5 Å². The third kappa shape index (κ3) is 3.68. The lowest BCUT2D eigenvalue weighted by Crippen LogP contribution is -2.47. The molecule has 9 heteroatoms. The summed E-state index contributed by atoms with van der Waals surface area (Å²) in [6.07, 6.45) is 3.01. The van der Waals surface area contributed by atoms with Crippen LogP contribution >= 0.6 is 11.8 Å². The minimum atomic E-state index is -0.230. The highest BCUT2D eigenvalue weighted by Crippen LogP contribution is 2.35. The van der Waals surface area contributed by atoms with Gasteiger partial charge in [-0.25, -0.2) is 9.78 Å². The van der Waals surface area contributed by atoms with Crippen LogP contribution in [0.4, 0.5) is 4.79 Å². The van der Waals surface area contributed by atoms with Crippen LogP contribution in [-0.2, 0) is 11.8 Å². The van der Waals surface area contributed by atoms with Gasteiger partial charge in [0.15, 0.2) is 5.65 Å². The normalized spacial score (nSPS) is 18.2. The number of aryl methyl sites for hydroxylation is 2. The van der Waals surface area contributed by atoms with Gasteiger partial charge in [-0.2, -0.15) is 5.10 Å². The Labute approximate surface area is 174 Å². The third-order valence-corrected chi connectivity index (χ3v) is 6.68. The molecule has 0 N–H and O–H groups in total. The van der Waals surface area contributed by atoms with Gasteiger partial charge in [-0.1, -0.05) is 13.8 Å². The molecule has 4 rings (SSSR count). The molecule has 0 saturated carbocycles. The van der Waals surface area contributed by atoms with Gasteiger partial charge in [0.05, 0.1) is 23.2 Å². The summed E-state index contributed by atoms with van der Waals surface area (Å²) >= 11 is 1.69. The number of pyridine rings is 1. The molecule has 2 amide bonds. The van der Waals surface area contributed by atoms with Crippen molar-refractivity contribution in [1.82, 2.24) is 24.6 Å². The number of carbonyl (C=O) groups is 2. The lowest BCUT2D eigenvalue weighted by Gasteiger charge is -2.35. The average Bonchev–Trinajstić information content (AvgIpc) is 3.24. The first-order chi connectivity index (χ1) is 13.9. The Morgan fingerprint density at radius 2 is 2.00 bits per heavy atom. The molecule has 0 unspecified atom stereocenters. The Hall–Kier alpha value is -2.29. The SMILES string of the molecule is Cc1nn(C)c2ncc(C(=O)N3CCC(N4CCOC4=O)CC3)c(SC(C)C)c12. The largest absolute Gasteiger partial charge is 0.448 e. The smallest absolute Gasteiger partial charge is 0.410 e. The number of cyclic esters (lactones) is 1. The van der Waals surface area contributed by atoms with E-state index in [2.05, 4.69) is 23.9 Å². The minimum Gasteiger partial charge on any atom is -0.448 e. The molecule has 4 heterocycles. The van der Waals surface area contributed by atoms with Crippen molar-refractivity contribution in [3.8, 4) is 0 Å². The van der Waals surface area contributed by atoms with E-state index in [-0.39, 0.29) is 18.0 Å². The van der Waals surface area contributed by atoms with Crippen molar-refractivity contribution in [1.29, 1.82) is 0 Å². The lowest BCUT2D eigenvalue weighted by atomic mass is 10.0. The molecule has 2 saturated heterocycles. The molecule has 0 aliphatic carbocycles. The first-order valence-corrected chi connectivity index (χ1v) is 11.0. The molecule has 0 bridgehead atoms. The molecule has 2 aliphatic rings. The number of aromatic nitrogens is 3. The number of thioether (sulfide) groups is 1. The van der Waals surface area contributed by atoms with Crippen LogP contribution < -0.4 is 0 Å². The summed E-state index contributed by atoms with van der Waals surface area (Å²) in [6, 6.07) is 0.153. The van der Waals surface area contributed by atoms with E-state index in [1.54, 1.807) is 27.5 Å². The van der Waals surface area contributed by atoms with Crippen LogP contribution in [0.15, 0.2) is 11.1 Å². The van der Waals surface area contributed by atoms with Gasteiger partial charge in [-0.15, -0.1) is 11.8 Å². The number of nitrogens with zero attached hydrogens (tertiary/aromatic N) is 5. The van der Waals surface area contributed by atoms with E-state index in [1.807, 2.05) is 18.9 Å². The summed E-state index contributed by atoms with van der Waals surface area (Å²) in [5.41, 5.74) is 2.33. The zero-order valence-electron chi connectivity index (χ0n) is 17.3. The fourth-order valence-electron chi connectivity index (χ4n) is 4.18. The zero-order chi connectivity index (χ0) is 20.7. The van der Waals surface area contributed by atoms with Crippen LogP contribution in [0.5, 0.6) is 0 Å². The van der Waals surface area contributed by atoms with Crippen LogP contribution in [-0.4, -0.2) is 74.1 Å². The first-order valence-electron chi connectivity index (χ1n) is 10.1. The highest BCUT2D eigenvalue weighted by atomic mass is 32.2. The van der Waals surface area contributed by atoms with E-state index in [9.17, 15) is 9.59 Å². The molecule has 0 radical (unpaired) electrons. The van der Waals surface area contributed by atoms with Crippen LogP contribution in [0, 0.1) is 6.92 Å². The maximum absolute atomic E-state index is 13.4. The maximum atomic E-state index is 13.4. The summed E-state index contributed by atoms with van der Waals surface area (Å²) in [5, 5.41) is 5.80. The van der Waals surface area contributed by atoms with Gasteiger partial charge < -0.3 is 14.5 Å². The molecular formula is C20H27N5O3S. The van der Waals surface area contributed by atoms with Crippen LogP contribution in [0.1, 0.15) is 42.7 Å². The molecule has 8 nitrogen and oxygen atoms in total. The standard InChI is InChI=1S/C20H27N5O3S/c1-12(2)29-17-15(11-21-18-16(17)13(3)22-23(18)4)19(26)24-7-5-14(6-8-24)25-9-10-28-20(25)27/h11-12,14H,5-10H2,1-4H3. The first kappa shape index (κ1) is 20.0. The Bertz CT molecular complexity index is 949. The van der Waals surface area contributed by atoms with Crippen molar-refractivity contribution in [3.63, 3.8) is 0 Å². The summed E-state index contributed by atoms with van der Waals surface area (Å²) in [4.78, 5) is 34.4. The van der Waals surface area contributed by atoms with Gasteiger partial charge in [0.1, 0.15) is 6.61 Å². The second kappa shape index (κ2) is 7.85. The molecule has 29 heavy (non-hydrogen) atoms. The predicted molar refractivity (Wildman–Crippen MR) is 111 cm³/mol. The number of amides is 2. The van der Waals surface area contributed by atoms with E-state index >= 15 is 0 Å². The molecule has 2 aromatic rings. The van der Waals surface area contributed by atoms with Crippen LogP contribution in [0.2, 0.25) is 0 Å². The summed E-state index contributed by atoms with van der Waals surface area (Å²) in [6.45, 7) is 8.57. The van der Waals surface area contributed by atoms with Crippen molar-refractivity contribution in [3.05, 3.63) is 17.5 Å². The number of piperidine rings is 1. The summed E-state index contributed by atoms with van der Waals surface area (Å²) < 4.78 is 6.82. The summed E-state index contributed by atoms with van der Waals surface area (Å²) in [7, 11) is 1.88. The van der Waals surface area contributed by atoms with Gasteiger partial charge in [-0.05, 0) is 19.8 Å². The Morgan fingerprint density at radius 1 is 1.28 bits per heavy atom. The van der Waals surface area contributed by atoms with E-state index in [1.165, 1.54) is 0 Å². The fraction of sp³-hybridized carbons (Fsp3) is 0.600. The highest BCUT2D eigenvalue weighted by Gasteiger charge is 2.34. The van der Waals surface area contributed by atoms with Crippen molar-refractivity contribution in [2.45, 2.75) is 49.8 Å². The van der Waals surface area contributed by atoms with Crippen molar-refractivity contribution in [2.75, 3.05) is 26.2 Å². The van der Waals surface area contributed by atoms with E-state index < -0.39 is 0 Å². The average molecular weight is 418 g/mol. The lowest BCUT2D eigenvalue weighted by molar-refractivity contribution is 0.0655. The monoisotopic (exact) mass is 417 g/mol. The third-order valence-electron chi connectivity index (χ3n) is 5.55. The van der Waals surface area contributed by atoms with Crippen molar-refractivity contribution in [2.24, 2.45) is 7.05 Å². The number of hydrogen-bond donors (Lipinski definition) is 0. The topological polar surface area (TPSA) is 80.6 Å². The Balaban J connectivity index is 1.58. The molecule has 0 aromatic carbocycles.